The van der Waals surface area contributed by atoms with Crippen LogP contribution >= 0.6 is 12.4 Å². The predicted molar refractivity (Wildman–Crippen MR) is 81.7 cm³/mol. The van der Waals surface area contributed by atoms with Gasteiger partial charge < -0.3 is 10.5 Å². The van der Waals surface area contributed by atoms with Crippen molar-refractivity contribution in [3.8, 4) is 0 Å². The fourth-order valence-corrected chi connectivity index (χ4v) is 2.76. The number of halogens is 1. The van der Waals surface area contributed by atoms with Gasteiger partial charge in [-0.3, -0.25) is 0 Å². The second-order valence-electron chi connectivity index (χ2n) is 5.08. The Morgan fingerprint density at radius 3 is 2.42 bits per heavy atom. The van der Waals surface area contributed by atoms with Crippen LogP contribution in [0, 0.1) is 5.92 Å². The molecule has 0 aliphatic carbocycles. The van der Waals surface area contributed by atoms with Crippen LogP contribution in [0.15, 0.2) is 42.5 Å². The van der Waals surface area contributed by atoms with Gasteiger partial charge in [0.15, 0.2) is 0 Å². The van der Waals surface area contributed by atoms with Crippen LogP contribution in [0.25, 0.3) is 10.8 Å². The second kappa shape index (κ2) is 6.38. The molecule has 102 valence electrons. The summed E-state index contributed by atoms with van der Waals surface area (Å²) in [7, 11) is 0. The Labute approximate surface area is 120 Å². The van der Waals surface area contributed by atoms with Gasteiger partial charge in [0.2, 0.25) is 0 Å². The largest absolute Gasteiger partial charge is 0.381 e. The molecule has 2 aromatic carbocycles. The van der Waals surface area contributed by atoms with E-state index < -0.39 is 0 Å². The van der Waals surface area contributed by atoms with Crippen molar-refractivity contribution in [1.82, 2.24) is 0 Å². The first-order chi connectivity index (χ1) is 8.84. The number of ether oxygens (including phenoxy) is 1. The highest BCUT2D eigenvalue weighted by molar-refractivity contribution is 5.85. The summed E-state index contributed by atoms with van der Waals surface area (Å²) in [5.41, 5.74) is 7.66. The van der Waals surface area contributed by atoms with Gasteiger partial charge in [-0.25, -0.2) is 0 Å². The molecule has 2 N–H and O–H groups in total. The lowest BCUT2D eigenvalue weighted by Gasteiger charge is -2.28. The average Bonchev–Trinajstić information content (AvgIpc) is 2.47. The summed E-state index contributed by atoms with van der Waals surface area (Å²) in [5, 5.41) is 2.55. The normalized spacial score (nSPS) is 17.9. The quantitative estimate of drug-likeness (QED) is 0.909. The number of nitrogens with two attached hydrogens (primary N) is 1. The maximum atomic E-state index is 6.41. The Hall–Kier alpha value is -1.09. The minimum Gasteiger partial charge on any atom is -0.381 e. The summed E-state index contributed by atoms with van der Waals surface area (Å²) in [5.74, 6) is 0.555. The molecule has 0 saturated carbocycles. The molecular weight excluding hydrogens is 258 g/mol. The SMILES string of the molecule is Cl.N[C@@H](c1ccc2ccccc2c1)C1CCOCC1. The predicted octanol–water partition coefficient (Wildman–Crippen LogP) is 3.69. The third kappa shape index (κ3) is 3.08. The van der Waals surface area contributed by atoms with Crippen molar-refractivity contribution in [2.75, 3.05) is 13.2 Å². The van der Waals surface area contributed by atoms with Crippen LogP contribution in [0.2, 0.25) is 0 Å². The average molecular weight is 278 g/mol. The Bertz CT molecular complexity index is 537. The molecule has 0 bridgehead atoms. The molecule has 1 atom stereocenters. The molecule has 0 aromatic heterocycles. The molecular formula is C16H20ClNO. The van der Waals surface area contributed by atoms with Crippen LogP contribution in [0.1, 0.15) is 24.4 Å². The van der Waals surface area contributed by atoms with Crippen molar-refractivity contribution in [1.29, 1.82) is 0 Å². The number of fused-ring (bicyclic) bond motifs is 1. The fourth-order valence-electron chi connectivity index (χ4n) is 2.76. The van der Waals surface area contributed by atoms with Gasteiger partial charge in [-0.05, 0) is 41.2 Å². The molecule has 3 heteroatoms. The first-order valence-electron chi connectivity index (χ1n) is 6.66. The topological polar surface area (TPSA) is 35.2 Å². The van der Waals surface area contributed by atoms with Crippen LogP contribution in [0.4, 0.5) is 0 Å². The molecule has 2 aromatic rings. The first kappa shape index (κ1) is 14.3. The Kier molecular flexibility index (Phi) is 4.81. The van der Waals surface area contributed by atoms with Gasteiger partial charge >= 0.3 is 0 Å². The van der Waals surface area contributed by atoms with Crippen molar-refractivity contribution in [3.05, 3.63) is 48.0 Å². The smallest absolute Gasteiger partial charge is 0.0469 e. The first-order valence-corrected chi connectivity index (χ1v) is 6.66. The van der Waals surface area contributed by atoms with E-state index in [1.807, 2.05) is 0 Å². The molecule has 0 unspecified atom stereocenters. The molecule has 3 rings (SSSR count). The van der Waals surface area contributed by atoms with Crippen LogP contribution < -0.4 is 5.73 Å². The van der Waals surface area contributed by atoms with E-state index in [9.17, 15) is 0 Å². The Morgan fingerprint density at radius 2 is 1.68 bits per heavy atom. The summed E-state index contributed by atoms with van der Waals surface area (Å²) in [4.78, 5) is 0. The zero-order chi connectivity index (χ0) is 12.4. The summed E-state index contributed by atoms with van der Waals surface area (Å²) in [6, 6.07) is 15.1. The summed E-state index contributed by atoms with van der Waals surface area (Å²) < 4.78 is 5.40. The lowest BCUT2D eigenvalue weighted by atomic mass is 9.87. The van der Waals surface area contributed by atoms with E-state index in [0.717, 1.165) is 26.1 Å². The fraction of sp³-hybridized carbons (Fsp3) is 0.375. The molecule has 1 aliphatic rings. The standard InChI is InChI=1S/C16H19NO.ClH/c17-16(13-7-9-18-10-8-13)15-6-5-12-3-1-2-4-14(12)11-15;/h1-6,11,13,16H,7-10,17H2;1H/t16-;/m1./s1. The molecule has 19 heavy (non-hydrogen) atoms. The minimum atomic E-state index is 0. The molecule has 1 aliphatic heterocycles. The van der Waals surface area contributed by atoms with Gasteiger partial charge in [0.05, 0.1) is 0 Å². The van der Waals surface area contributed by atoms with E-state index in [1.165, 1.54) is 16.3 Å². The molecule has 2 nitrogen and oxygen atoms in total. The van der Waals surface area contributed by atoms with Crippen molar-refractivity contribution in [2.45, 2.75) is 18.9 Å². The zero-order valence-corrected chi connectivity index (χ0v) is 11.7. The van der Waals surface area contributed by atoms with Crippen molar-refractivity contribution in [2.24, 2.45) is 11.7 Å². The highest BCUT2D eigenvalue weighted by atomic mass is 35.5. The highest BCUT2D eigenvalue weighted by Crippen LogP contribution is 2.29. The van der Waals surface area contributed by atoms with E-state index in [1.54, 1.807) is 0 Å². The summed E-state index contributed by atoms with van der Waals surface area (Å²) in [6.07, 6.45) is 2.15. The highest BCUT2D eigenvalue weighted by Gasteiger charge is 2.22. The molecule has 0 spiro atoms. The molecule has 1 saturated heterocycles. The van der Waals surface area contributed by atoms with Gasteiger partial charge in [-0.15, -0.1) is 12.4 Å². The van der Waals surface area contributed by atoms with Gasteiger partial charge in [0.1, 0.15) is 0 Å². The Morgan fingerprint density at radius 1 is 1.00 bits per heavy atom. The molecule has 0 amide bonds. The van der Waals surface area contributed by atoms with E-state index in [0.29, 0.717) is 5.92 Å². The van der Waals surface area contributed by atoms with Gasteiger partial charge in [0.25, 0.3) is 0 Å². The monoisotopic (exact) mass is 277 g/mol. The van der Waals surface area contributed by atoms with E-state index >= 15 is 0 Å². The van der Waals surface area contributed by atoms with Crippen LogP contribution in [0.5, 0.6) is 0 Å². The van der Waals surface area contributed by atoms with Crippen molar-refractivity contribution >= 4 is 23.2 Å². The van der Waals surface area contributed by atoms with Crippen LogP contribution in [-0.2, 0) is 4.74 Å². The molecule has 1 fully saturated rings. The van der Waals surface area contributed by atoms with Gasteiger partial charge in [0, 0.05) is 19.3 Å². The molecule has 0 radical (unpaired) electrons. The number of hydrogen-bond donors (Lipinski definition) is 1. The minimum absolute atomic E-state index is 0. The van der Waals surface area contributed by atoms with Crippen LogP contribution in [0.3, 0.4) is 0 Å². The zero-order valence-electron chi connectivity index (χ0n) is 10.9. The van der Waals surface area contributed by atoms with Gasteiger partial charge in [-0.2, -0.15) is 0 Å². The van der Waals surface area contributed by atoms with E-state index in [-0.39, 0.29) is 18.4 Å². The summed E-state index contributed by atoms with van der Waals surface area (Å²) >= 11 is 0. The van der Waals surface area contributed by atoms with E-state index in [2.05, 4.69) is 42.5 Å². The van der Waals surface area contributed by atoms with Gasteiger partial charge in [-0.1, -0.05) is 36.4 Å². The number of rotatable bonds is 2. The maximum Gasteiger partial charge on any atom is 0.0469 e. The van der Waals surface area contributed by atoms with Crippen molar-refractivity contribution < 1.29 is 4.74 Å². The molecule has 1 heterocycles. The summed E-state index contributed by atoms with van der Waals surface area (Å²) in [6.45, 7) is 1.71. The third-order valence-corrected chi connectivity index (χ3v) is 3.93. The lowest BCUT2D eigenvalue weighted by molar-refractivity contribution is 0.0584. The Balaban J connectivity index is 0.00000133. The van der Waals surface area contributed by atoms with Crippen molar-refractivity contribution in [3.63, 3.8) is 0 Å². The second-order valence-corrected chi connectivity index (χ2v) is 5.08. The van der Waals surface area contributed by atoms with Crippen LogP contribution in [-0.4, -0.2) is 13.2 Å². The number of benzene rings is 2. The van der Waals surface area contributed by atoms with E-state index in [4.69, 9.17) is 10.5 Å². The lowest BCUT2D eigenvalue weighted by Crippen LogP contribution is -2.27. The third-order valence-electron chi connectivity index (χ3n) is 3.93. The maximum absolute atomic E-state index is 6.41. The number of hydrogen-bond acceptors (Lipinski definition) is 2.